The van der Waals surface area contributed by atoms with Crippen LogP contribution >= 0.6 is 34.2 Å². The van der Waals surface area contributed by atoms with Crippen LogP contribution in [-0.2, 0) is 9.59 Å². The molecule has 1 fully saturated rings. The van der Waals surface area contributed by atoms with Gasteiger partial charge in [-0.1, -0.05) is 24.9 Å². The highest BCUT2D eigenvalue weighted by Crippen LogP contribution is 2.30. The lowest BCUT2D eigenvalue weighted by Gasteiger charge is -2.30. The van der Waals surface area contributed by atoms with Crippen molar-refractivity contribution in [3.63, 3.8) is 0 Å². The number of nitrogens with zero attached hydrogens (tertiary/aromatic N) is 1. The minimum Gasteiger partial charge on any atom is -0.277 e. The van der Waals surface area contributed by atoms with Crippen LogP contribution in [0.2, 0.25) is 5.02 Å². The van der Waals surface area contributed by atoms with Crippen molar-refractivity contribution < 1.29 is 14.4 Å². The molecule has 1 N–H and O–H groups in total. The first kappa shape index (κ1) is 15.2. The Balaban J connectivity index is 2.41. The molecule has 20 heavy (non-hydrogen) atoms. The molecule has 1 heterocycles. The number of barbiturate groups is 1. The normalized spacial score (nSPS) is 19.2. The van der Waals surface area contributed by atoms with Crippen molar-refractivity contribution in [3.8, 4) is 0 Å². The summed E-state index contributed by atoms with van der Waals surface area (Å²) >= 11 is 8.17. The largest absolute Gasteiger partial charge is 0.335 e. The number of imide groups is 2. The van der Waals surface area contributed by atoms with Crippen LogP contribution in [0.5, 0.6) is 0 Å². The lowest BCUT2D eigenvalue weighted by molar-refractivity contribution is -0.134. The molecule has 0 saturated carbocycles. The van der Waals surface area contributed by atoms with E-state index in [1.807, 2.05) is 6.92 Å². The van der Waals surface area contributed by atoms with Crippen LogP contribution in [0.3, 0.4) is 0 Å². The van der Waals surface area contributed by atoms with E-state index in [1.54, 1.807) is 18.2 Å². The van der Waals surface area contributed by atoms with Crippen LogP contribution in [0, 0.1) is 9.49 Å². The predicted molar refractivity (Wildman–Crippen MR) is 83.6 cm³/mol. The number of hydrogen-bond acceptors (Lipinski definition) is 3. The third-order valence-corrected chi connectivity index (χ3v) is 3.97. The van der Waals surface area contributed by atoms with Gasteiger partial charge in [-0.05, 0) is 47.2 Å². The van der Waals surface area contributed by atoms with E-state index in [1.165, 1.54) is 0 Å². The third kappa shape index (κ3) is 2.80. The minimum absolute atomic E-state index is 0.295. The van der Waals surface area contributed by atoms with Crippen molar-refractivity contribution in [2.75, 3.05) is 4.90 Å². The van der Waals surface area contributed by atoms with E-state index in [-0.39, 0.29) is 0 Å². The second kappa shape index (κ2) is 6.09. The third-order valence-electron chi connectivity index (χ3n) is 3.00. The van der Waals surface area contributed by atoms with Gasteiger partial charge in [-0.3, -0.25) is 14.9 Å². The summed E-state index contributed by atoms with van der Waals surface area (Å²) in [6.45, 7) is 1.87. The van der Waals surface area contributed by atoms with Gasteiger partial charge in [0.15, 0.2) is 0 Å². The Morgan fingerprint density at radius 3 is 2.65 bits per heavy atom. The van der Waals surface area contributed by atoms with Crippen LogP contribution in [0.15, 0.2) is 18.2 Å². The maximum Gasteiger partial charge on any atom is 0.335 e. The van der Waals surface area contributed by atoms with Gasteiger partial charge in [0, 0.05) is 3.57 Å². The maximum atomic E-state index is 12.4. The average Bonchev–Trinajstić information content (AvgIpc) is 2.37. The zero-order valence-corrected chi connectivity index (χ0v) is 13.6. The SMILES string of the molecule is CCCC1C(=O)NC(=O)N(c2ccc(I)cc2Cl)C1=O. The Kier molecular flexibility index (Phi) is 4.64. The number of halogens is 2. The van der Waals surface area contributed by atoms with Crippen molar-refractivity contribution in [1.82, 2.24) is 5.32 Å². The summed E-state index contributed by atoms with van der Waals surface area (Å²) < 4.78 is 0.891. The molecular formula is C13H12ClIN2O3. The zero-order chi connectivity index (χ0) is 14.9. The summed E-state index contributed by atoms with van der Waals surface area (Å²) in [6, 6.07) is 4.24. The first-order valence-electron chi connectivity index (χ1n) is 6.09. The summed E-state index contributed by atoms with van der Waals surface area (Å²) in [6.07, 6.45) is 1.07. The van der Waals surface area contributed by atoms with Crippen LogP contribution in [0.4, 0.5) is 10.5 Å². The first-order valence-corrected chi connectivity index (χ1v) is 7.55. The molecule has 2 rings (SSSR count). The minimum atomic E-state index is -0.840. The highest BCUT2D eigenvalue weighted by Gasteiger charge is 2.41. The van der Waals surface area contributed by atoms with E-state index < -0.39 is 23.8 Å². The number of nitrogens with one attached hydrogen (secondary N) is 1. The van der Waals surface area contributed by atoms with Gasteiger partial charge >= 0.3 is 6.03 Å². The molecule has 0 radical (unpaired) electrons. The van der Waals surface area contributed by atoms with Gasteiger partial charge in [-0.15, -0.1) is 0 Å². The van der Waals surface area contributed by atoms with E-state index in [4.69, 9.17) is 11.6 Å². The predicted octanol–water partition coefficient (Wildman–Crippen LogP) is 2.94. The molecule has 4 amide bonds. The molecule has 0 aliphatic carbocycles. The molecule has 0 spiro atoms. The first-order chi connectivity index (χ1) is 9.45. The standard InChI is InChI=1S/C13H12ClIN2O3/c1-2-3-8-11(18)16-13(20)17(12(8)19)10-5-4-7(15)6-9(10)14/h4-6,8H,2-3H2,1H3,(H,16,18,20). The number of hydrogen-bond donors (Lipinski definition) is 1. The van der Waals surface area contributed by atoms with Gasteiger partial charge in [0.25, 0.3) is 0 Å². The van der Waals surface area contributed by atoms with Crippen LogP contribution in [0.1, 0.15) is 19.8 Å². The summed E-state index contributed by atoms with van der Waals surface area (Å²) in [7, 11) is 0. The molecule has 5 nitrogen and oxygen atoms in total. The molecule has 1 aliphatic heterocycles. The van der Waals surface area contributed by atoms with Crippen LogP contribution in [-0.4, -0.2) is 17.8 Å². The maximum absolute atomic E-state index is 12.4. The number of amides is 4. The van der Waals surface area contributed by atoms with Crippen molar-refractivity contribution in [3.05, 3.63) is 26.8 Å². The fourth-order valence-corrected chi connectivity index (χ4v) is 2.99. The number of carbonyl (C=O) groups is 3. The van der Waals surface area contributed by atoms with E-state index in [2.05, 4.69) is 27.9 Å². The topological polar surface area (TPSA) is 66.5 Å². The Hall–Kier alpha value is -1.15. The van der Waals surface area contributed by atoms with Gasteiger partial charge in [0.2, 0.25) is 11.8 Å². The molecule has 106 valence electrons. The summed E-state index contributed by atoms with van der Waals surface area (Å²) in [5.74, 6) is -1.91. The monoisotopic (exact) mass is 406 g/mol. The van der Waals surface area contributed by atoms with Gasteiger partial charge in [0.05, 0.1) is 10.7 Å². The Morgan fingerprint density at radius 1 is 1.35 bits per heavy atom. The molecule has 1 aliphatic rings. The fourth-order valence-electron chi connectivity index (χ4n) is 2.05. The molecular weight excluding hydrogens is 395 g/mol. The highest BCUT2D eigenvalue weighted by atomic mass is 127. The summed E-state index contributed by atoms with van der Waals surface area (Å²) in [5, 5.41) is 2.50. The van der Waals surface area contributed by atoms with Crippen molar-refractivity contribution in [2.24, 2.45) is 5.92 Å². The Labute approximate surface area is 134 Å². The molecule has 0 aromatic heterocycles. The van der Waals surface area contributed by atoms with Gasteiger partial charge in [-0.25, -0.2) is 9.69 Å². The Bertz CT molecular complexity index is 591. The van der Waals surface area contributed by atoms with Crippen molar-refractivity contribution in [1.29, 1.82) is 0 Å². The molecule has 0 bridgehead atoms. The van der Waals surface area contributed by atoms with E-state index in [9.17, 15) is 14.4 Å². The zero-order valence-electron chi connectivity index (χ0n) is 10.7. The summed E-state index contributed by atoms with van der Waals surface area (Å²) in [5.41, 5.74) is 0.295. The molecule has 1 aromatic rings. The smallest absolute Gasteiger partial charge is 0.277 e. The highest BCUT2D eigenvalue weighted by molar-refractivity contribution is 14.1. The lowest BCUT2D eigenvalue weighted by Crippen LogP contribution is -2.58. The van der Waals surface area contributed by atoms with Crippen LogP contribution < -0.4 is 10.2 Å². The molecule has 1 aromatic carbocycles. The van der Waals surface area contributed by atoms with Gasteiger partial charge < -0.3 is 0 Å². The van der Waals surface area contributed by atoms with E-state index >= 15 is 0 Å². The molecule has 1 saturated heterocycles. The average molecular weight is 407 g/mol. The van der Waals surface area contributed by atoms with Gasteiger partial charge in [-0.2, -0.15) is 0 Å². The molecule has 7 heteroatoms. The van der Waals surface area contributed by atoms with Gasteiger partial charge in [0.1, 0.15) is 5.92 Å². The molecule has 1 unspecified atom stereocenters. The summed E-state index contributed by atoms with van der Waals surface area (Å²) in [4.78, 5) is 36.9. The lowest BCUT2D eigenvalue weighted by atomic mass is 9.99. The Morgan fingerprint density at radius 2 is 2.05 bits per heavy atom. The van der Waals surface area contributed by atoms with Crippen molar-refractivity contribution >= 4 is 57.7 Å². The van der Waals surface area contributed by atoms with E-state index in [0.717, 1.165) is 8.47 Å². The van der Waals surface area contributed by atoms with Crippen molar-refractivity contribution in [2.45, 2.75) is 19.8 Å². The number of anilines is 1. The second-order valence-electron chi connectivity index (χ2n) is 4.41. The fraction of sp³-hybridized carbons (Fsp3) is 0.308. The number of rotatable bonds is 3. The van der Waals surface area contributed by atoms with E-state index in [0.29, 0.717) is 23.6 Å². The second-order valence-corrected chi connectivity index (χ2v) is 6.06. The molecule has 1 atom stereocenters. The number of urea groups is 1. The number of benzene rings is 1. The van der Waals surface area contributed by atoms with Crippen LogP contribution in [0.25, 0.3) is 0 Å². The quantitative estimate of drug-likeness (QED) is 0.620. The number of carbonyl (C=O) groups excluding carboxylic acids is 3.